The number of nitrogens with one attached hydrogen (secondary N) is 1. The standard InChI is InChI=1S/C23H20N2O4S2/c1-15(13-16-7-3-2-4-8-16)14-19-21(27)25(23(30)31-19)12-11-20(26)24-18-10-6-5-9-17(18)22(28)29/h2-10,13-14H,11-12H2,1H3,(H,24,26)(H,28,29)/b15-13-,19-14+. The molecule has 31 heavy (non-hydrogen) atoms. The first-order chi connectivity index (χ1) is 14.8. The van der Waals surface area contributed by atoms with Crippen LogP contribution in [-0.2, 0) is 9.59 Å². The molecule has 2 aromatic rings. The van der Waals surface area contributed by atoms with Gasteiger partial charge < -0.3 is 10.4 Å². The predicted molar refractivity (Wildman–Crippen MR) is 127 cm³/mol. The van der Waals surface area contributed by atoms with Crippen molar-refractivity contribution in [1.82, 2.24) is 4.90 Å². The van der Waals surface area contributed by atoms with Gasteiger partial charge in [-0.15, -0.1) is 0 Å². The van der Waals surface area contributed by atoms with E-state index in [1.807, 2.05) is 43.3 Å². The lowest BCUT2D eigenvalue weighted by molar-refractivity contribution is -0.122. The van der Waals surface area contributed by atoms with E-state index in [1.54, 1.807) is 18.2 Å². The number of carboxylic acid groups (broad SMARTS) is 1. The molecule has 0 unspecified atom stereocenters. The number of rotatable bonds is 7. The number of thiocarbonyl (C=S) groups is 1. The van der Waals surface area contributed by atoms with Crippen molar-refractivity contribution in [2.24, 2.45) is 0 Å². The number of amides is 2. The number of hydrogen-bond donors (Lipinski definition) is 2. The highest BCUT2D eigenvalue weighted by atomic mass is 32.2. The molecule has 1 heterocycles. The zero-order chi connectivity index (χ0) is 22.4. The van der Waals surface area contributed by atoms with Crippen LogP contribution in [0.25, 0.3) is 6.08 Å². The first kappa shape index (κ1) is 22.5. The van der Waals surface area contributed by atoms with Crippen LogP contribution < -0.4 is 5.32 Å². The van der Waals surface area contributed by atoms with Crippen molar-refractivity contribution in [3.05, 3.63) is 82.3 Å². The topological polar surface area (TPSA) is 86.7 Å². The molecular weight excluding hydrogens is 432 g/mol. The molecule has 2 N–H and O–H groups in total. The van der Waals surface area contributed by atoms with Crippen LogP contribution in [0, 0.1) is 0 Å². The number of allylic oxidation sites excluding steroid dienone is 2. The molecule has 1 fully saturated rings. The summed E-state index contributed by atoms with van der Waals surface area (Å²) in [6.45, 7) is 2.03. The summed E-state index contributed by atoms with van der Waals surface area (Å²) in [6, 6.07) is 15.9. The Bertz CT molecular complexity index is 1090. The van der Waals surface area contributed by atoms with Gasteiger partial charge in [-0.05, 0) is 36.3 Å². The minimum Gasteiger partial charge on any atom is -0.478 e. The maximum atomic E-state index is 12.7. The van der Waals surface area contributed by atoms with Crippen molar-refractivity contribution >= 4 is 57.8 Å². The molecule has 1 saturated heterocycles. The Kier molecular flexibility index (Phi) is 7.38. The first-order valence-corrected chi connectivity index (χ1v) is 10.7. The SMILES string of the molecule is CC(=C/c1ccccc1)/C=C1/SC(=S)N(CCC(=O)Nc2ccccc2C(=O)O)C1=O. The maximum Gasteiger partial charge on any atom is 0.337 e. The Morgan fingerprint density at radius 2 is 1.81 bits per heavy atom. The Morgan fingerprint density at radius 3 is 2.52 bits per heavy atom. The number of carboxylic acids is 1. The molecule has 2 aromatic carbocycles. The van der Waals surface area contributed by atoms with E-state index in [0.29, 0.717) is 9.23 Å². The van der Waals surface area contributed by atoms with E-state index in [1.165, 1.54) is 28.8 Å². The molecule has 0 radical (unpaired) electrons. The normalized spacial score (nSPS) is 15.5. The van der Waals surface area contributed by atoms with Crippen molar-refractivity contribution in [2.45, 2.75) is 13.3 Å². The van der Waals surface area contributed by atoms with E-state index < -0.39 is 11.9 Å². The highest BCUT2D eigenvalue weighted by molar-refractivity contribution is 8.26. The third kappa shape index (κ3) is 5.90. The quantitative estimate of drug-likeness (QED) is 0.473. The Morgan fingerprint density at radius 1 is 1.13 bits per heavy atom. The number of carbonyl (C=O) groups excluding carboxylic acids is 2. The molecule has 0 atom stereocenters. The summed E-state index contributed by atoms with van der Waals surface area (Å²) in [4.78, 5) is 38.2. The van der Waals surface area contributed by atoms with Gasteiger partial charge in [0.05, 0.1) is 16.2 Å². The summed E-state index contributed by atoms with van der Waals surface area (Å²) in [5.74, 6) is -1.77. The van der Waals surface area contributed by atoms with Crippen LogP contribution in [0.15, 0.2) is 71.2 Å². The van der Waals surface area contributed by atoms with Crippen molar-refractivity contribution in [1.29, 1.82) is 0 Å². The van der Waals surface area contributed by atoms with Gasteiger partial charge in [0, 0.05) is 13.0 Å². The molecule has 158 valence electrons. The average Bonchev–Trinajstić information content (AvgIpc) is 2.99. The highest BCUT2D eigenvalue weighted by Gasteiger charge is 2.32. The van der Waals surface area contributed by atoms with E-state index in [2.05, 4.69) is 5.32 Å². The number of thioether (sulfide) groups is 1. The Labute approximate surface area is 189 Å². The van der Waals surface area contributed by atoms with E-state index in [4.69, 9.17) is 12.2 Å². The lowest BCUT2D eigenvalue weighted by Gasteiger charge is -2.14. The summed E-state index contributed by atoms with van der Waals surface area (Å²) < 4.78 is 0.391. The highest BCUT2D eigenvalue weighted by Crippen LogP contribution is 2.32. The fourth-order valence-electron chi connectivity index (χ4n) is 2.96. The van der Waals surface area contributed by atoms with E-state index >= 15 is 0 Å². The van der Waals surface area contributed by atoms with Gasteiger partial charge >= 0.3 is 5.97 Å². The van der Waals surface area contributed by atoms with Crippen molar-refractivity contribution in [3.8, 4) is 0 Å². The lowest BCUT2D eigenvalue weighted by atomic mass is 10.1. The minimum absolute atomic E-state index is 0.00470. The number of benzene rings is 2. The van der Waals surface area contributed by atoms with Crippen molar-refractivity contribution in [2.75, 3.05) is 11.9 Å². The molecule has 0 bridgehead atoms. The second kappa shape index (κ2) is 10.2. The number of hydrogen-bond acceptors (Lipinski definition) is 5. The van der Waals surface area contributed by atoms with Gasteiger partial charge in [-0.1, -0.05) is 72.5 Å². The second-order valence-corrected chi connectivity index (χ2v) is 8.46. The summed E-state index contributed by atoms with van der Waals surface area (Å²) in [7, 11) is 0. The van der Waals surface area contributed by atoms with Crippen LogP contribution in [-0.4, -0.2) is 38.7 Å². The molecular formula is C23H20N2O4S2. The molecule has 6 nitrogen and oxygen atoms in total. The summed E-state index contributed by atoms with van der Waals surface area (Å²) in [5.41, 5.74) is 2.16. The van der Waals surface area contributed by atoms with Gasteiger partial charge in [-0.3, -0.25) is 14.5 Å². The summed E-state index contributed by atoms with van der Waals surface area (Å²) >= 11 is 6.51. The number of aromatic carboxylic acids is 1. The van der Waals surface area contributed by atoms with Crippen LogP contribution in [0.5, 0.6) is 0 Å². The Hall–Kier alpha value is -3.23. The zero-order valence-electron chi connectivity index (χ0n) is 16.7. The largest absolute Gasteiger partial charge is 0.478 e. The van der Waals surface area contributed by atoms with Gasteiger partial charge in [0.1, 0.15) is 4.32 Å². The second-order valence-electron chi connectivity index (χ2n) is 6.78. The van der Waals surface area contributed by atoms with Crippen LogP contribution in [0.4, 0.5) is 5.69 Å². The molecule has 1 aliphatic rings. The van der Waals surface area contributed by atoms with E-state index in [0.717, 1.165) is 11.1 Å². The molecule has 0 aliphatic carbocycles. The van der Waals surface area contributed by atoms with Gasteiger partial charge in [0.25, 0.3) is 5.91 Å². The molecule has 0 saturated carbocycles. The number of anilines is 1. The molecule has 2 amide bonds. The van der Waals surface area contributed by atoms with Gasteiger partial charge in [0.15, 0.2) is 0 Å². The number of nitrogens with zero attached hydrogens (tertiary/aromatic N) is 1. The molecule has 0 spiro atoms. The maximum absolute atomic E-state index is 12.7. The number of carbonyl (C=O) groups is 3. The fourth-order valence-corrected chi connectivity index (χ4v) is 4.32. The number of para-hydroxylation sites is 1. The first-order valence-electron chi connectivity index (χ1n) is 9.46. The van der Waals surface area contributed by atoms with E-state index in [9.17, 15) is 19.5 Å². The predicted octanol–water partition coefficient (Wildman–Crippen LogP) is 4.56. The minimum atomic E-state index is -1.13. The average molecular weight is 453 g/mol. The van der Waals surface area contributed by atoms with Crippen molar-refractivity contribution in [3.63, 3.8) is 0 Å². The van der Waals surface area contributed by atoms with E-state index in [-0.39, 0.29) is 30.1 Å². The monoisotopic (exact) mass is 452 g/mol. The fraction of sp³-hybridized carbons (Fsp3) is 0.130. The van der Waals surface area contributed by atoms with Gasteiger partial charge in [-0.2, -0.15) is 0 Å². The molecule has 3 rings (SSSR count). The van der Waals surface area contributed by atoms with Crippen LogP contribution in [0.1, 0.15) is 29.3 Å². The van der Waals surface area contributed by atoms with Gasteiger partial charge in [-0.25, -0.2) is 4.79 Å². The summed E-state index contributed by atoms with van der Waals surface area (Å²) in [6.07, 6.45) is 3.75. The van der Waals surface area contributed by atoms with Crippen LogP contribution in [0.2, 0.25) is 0 Å². The smallest absolute Gasteiger partial charge is 0.337 e. The third-order valence-corrected chi connectivity index (χ3v) is 5.80. The third-order valence-electron chi connectivity index (χ3n) is 4.42. The molecule has 1 aliphatic heterocycles. The van der Waals surface area contributed by atoms with Crippen LogP contribution in [0.3, 0.4) is 0 Å². The zero-order valence-corrected chi connectivity index (χ0v) is 18.3. The molecule has 0 aromatic heterocycles. The van der Waals surface area contributed by atoms with Gasteiger partial charge in [0.2, 0.25) is 5.91 Å². The Balaban J connectivity index is 1.62. The summed E-state index contributed by atoms with van der Waals surface area (Å²) in [5, 5.41) is 11.8. The van der Waals surface area contributed by atoms with Crippen molar-refractivity contribution < 1.29 is 19.5 Å². The lowest BCUT2D eigenvalue weighted by Crippen LogP contribution is -2.31. The van der Waals surface area contributed by atoms with Crippen LogP contribution >= 0.6 is 24.0 Å². The molecule has 8 heteroatoms.